The standard InChI is InChI=1S/C13H14N2OS2/c14-9(7-13-15-5-6-17-13)11-8-18-12-4-2-1-3-10(12)16-11/h1-6,9,11H,7-8,14H2. The maximum absolute atomic E-state index is 6.23. The Morgan fingerprint density at radius 2 is 2.33 bits per heavy atom. The van der Waals surface area contributed by atoms with E-state index in [9.17, 15) is 0 Å². The van der Waals surface area contributed by atoms with E-state index >= 15 is 0 Å². The van der Waals surface area contributed by atoms with Crippen molar-refractivity contribution in [2.24, 2.45) is 5.73 Å². The quantitative estimate of drug-likeness (QED) is 0.937. The minimum Gasteiger partial charge on any atom is -0.487 e. The van der Waals surface area contributed by atoms with Crippen molar-refractivity contribution in [3.05, 3.63) is 40.8 Å². The van der Waals surface area contributed by atoms with E-state index < -0.39 is 0 Å². The van der Waals surface area contributed by atoms with Gasteiger partial charge in [-0.2, -0.15) is 0 Å². The average Bonchev–Trinajstić information content (AvgIpc) is 2.91. The first-order chi connectivity index (χ1) is 8.83. The molecule has 0 saturated carbocycles. The zero-order valence-electron chi connectivity index (χ0n) is 9.78. The molecule has 0 radical (unpaired) electrons. The number of thioether (sulfide) groups is 1. The van der Waals surface area contributed by atoms with Crippen LogP contribution in [0, 0.1) is 0 Å². The number of nitrogens with two attached hydrogens (primary N) is 1. The van der Waals surface area contributed by atoms with Gasteiger partial charge in [0.05, 0.1) is 5.01 Å². The molecule has 18 heavy (non-hydrogen) atoms. The second kappa shape index (κ2) is 5.30. The minimum atomic E-state index is -0.00277. The molecule has 0 amide bonds. The molecule has 1 aliphatic heterocycles. The Bertz CT molecular complexity index is 515. The third-order valence-corrected chi connectivity index (χ3v) is 4.85. The second-order valence-electron chi connectivity index (χ2n) is 4.21. The lowest BCUT2D eigenvalue weighted by Crippen LogP contribution is -2.43. The summed E-state index contributed by atoms with van der Waals surface area (Å²) in [4.78, 5) is 5.48. The fraction of sp³-hybridized carbons (Fsp3) is 0.308. The molecule has 5 heteroatoms. The SMILES string of the molecule is NC(Cc1nccs1)C1CSc2ccccc2O1. The molecule has 2 heterocycles. The Hall–Kier alpha value is -1.04. The van der Waals surface area contributed by atoms with Crippen molar-refractivity contribution in [2.45, 2.75) is 23.5 Å². The number of benzene rings is 1. The Balaban J connectivity index is 1.68. The first-order valence-corrected chi connectivity index (χ1v) is 7.72. The molecule has 1 aliphatic rings. The Morgan fingerprint density at radius 1 is 1.44 bits per heavy atom. The zero-order valence-corrected chi connectivity index (χ0v) is 11.4. The monoisotopic (exact) mass is 278 g/mol. The van der Waals surface area contributed by atoms with Crippen LogP contribution in [-0.4, -0.2) is 22.9 Å². The maximum atomic E-state index is 6.23. The van der Waals surface area contributed by atoms with Gasteiger partial charge in [0.2, 0.25) is 0 Å². The van der Waals surface area contributed by atoms with E-state index in [0.717, 1.165) is 22.9 Å². The summed E-state index contributed by atoms with van der Waals surface area (Å²) in [6, 6.07) is 8.11. The van der Waals surface area contributed by atoms with Crippen LogP contribution < -0.4 is 10.5 Å². The number of aromatic nitrogens is 1. The molecule has 1 aromatic carbocycles. The Morgan fingerprint density at radius 3 is 3.17 bits per heavy atom. The van der Waals surface area contributed by atoms with Crippen LogP contribution in [0.15, 0.2) is 40.7 Å². The molecule has 3 nitrogen and oxygen atoms in total. The smallest absolute Gasteiger partial charge is 0.133 e. The first kappa shape index (κ1) is 12.0. The summed E-state index contributed by atoms with van der Waals surface area (Å²) in [5.41, 5.74) is 6.23. The average molecular weight is 278 g/mol. The molecule has 0 aliphatic carbocycles. The van der Waals surface area contributed by atoms with Gasteiger partial charge >= 0.3 is 0 Å². The number of ether oxygens (including phenoxy) is 1. The lowest BCUT2D eigenvalue weighted by Gasteiger charge is -2.29. The van der Waals surface area contributed by atoms with Gasteiger partial charge in [-0.05, 0) is 12.1 Å². The van der Waals surface area contributed by atoms with E-state index in [-0.39, 0.29) is 12.1 Å². The predicted octanol–water partition coefficient (Wildman–Crippen LogP) is 2.57. The van der Waals surface area contributed by atoms with E-state index in [4.69, 9.17) is 10.5 Å². The Kier molecular flexibility index (Phi) is 3.54. The lowest BCUT2D eigenvalue weighted by molar-refractivity contribution is 0.184. The number of thiazole rings is 1. The number of para-hydroxylation sites is 1. The van der Waals surface area contributed by atoms with Gasteiger partial charge in [-0.25, -0.2) is 4.98 Å². The summed E-state index contributed by atoms with van der Waals surface area (Å²) in [6.45, 7) is 0. The summed E-state index contributed by atoms with van der Waals surface area (Å²) in [5.74, 6) is 1.86. The van der Waals surface area contributed by atoms with Crippen LogP contribution in [0.1, 0.15) is 5.01 Å². The third-order valence-electron chi connectivity index (χ3n) is 2.90. The summed E-state index contributed by atoms with van der Waals surface area (Å²) in [6.07, 6.45) is 2.66. The van der Waals surface area contributed by atoms with E-state index in [1.54, 1.807) is 11.3 Å². The highest BCUT2D eigenvalue weighted by Gasteiger charge is 2.26. The van der Waals surface area contributed by atoms with Gasteiger partial charge in [-0.1, -0.05) is 12.1 Å². The lowest BCUT2D eigenvalue weighted by atomic mass is 10.1. The number of hydrogen-bond donors (Lipinski definition) is 1. The molecule has 2 atom stereocenters. The van der Waals surface area contributed by atoms with E-state index in [2.05, 4.69) is 11.1 Å². The molecular formula is C13H14N2OS2. The zero-order chi connectivity index (χ0) is 12.4. The minimum absolute atomic E-state index is 0.00277. The highest BCUT2D eigenvalue weighted by Crippen LogP contribution is 2.35. The van der Waals surface area contributed by atoms with Crippen molar-refractivity contribution < 1.29 is 4.74 Å². The van der Waals surface area contributed by atoms with E-state index in [1.807, 2.05) is 41.5 Å². The van der Waals surface area contributed by atoms with Crippen LogP contribution in [0.3, 0.4) is 0 Å². The second-order valence-corrected chi connectivity index (χ2v) is 6.25. The molecule has 2 N–H and O–H groups in total. The van der Waals surface area contributed by atoms with Crippen molar-refractivity contribution >= 4 is 23.1 Å². The van der Waals surface area contributed by atoms with Gasteiger partial charge in [0, 0.05) is 34.7 Å². The first-order valence-electron chi connectivity index (χ1n) is 5.85. The van der Waals surface area contributed by atoms with Crippen molar-refractivity contribution in [3.63, 3.8) is 0 Å². The van der Waals surface area contributed by atoms with Crippen LogP contribution in [0.4, 0.5) is 0 Å². The highest BCUT2D eigenvalue weighted by molar-refractivity contribution is 7.99. The predicted molar refractivity (Wildman–Crippen MR) is 75.4 cm³/mol. The van der Waals surface area contributed by atoms with Gasteiger partial charge in [-0.15, -0.1) is 23.1 Å². The largest absolute Gasteiger partial charge is 0.487 e. The molecule has 2 aromatic rings. The number of nitrogens with zero attached hydrogens (tertiary/aromatic N) is 1. The molecule has 3 rings (SSSR count). The third kappa shape index (κ3) is 2.53. The molecule has 0 fully saturated rings. The molecule has 0 bridgehead atoms. The van der Waals surface area contributed by atoms with Crippen LogP contribution in [0.2, 0.25) is 0 Å². The fourth-order valence-corrected chi connectivity index (χ4v) is 3.72. The van der Waals surface area contributed by atoms with Crippen molar-refractivity contribution in [2.75, 3.05) is 5.75 Å². The molecule has 0 spiro atoms. The van der Waals surface area contributed by atoms with Crippen LogP contribution >= 0.6 is 23.1 Å². The Labute approximate surface area is 114 Å². The molecule has 1 aromatic heterocycles. The van der Waals surface area contributed by atoms with Crippen molar-refractivity contribution in [3.8, 4) is 5.75 Å². The van der Waals surface area contributed by atoms with Gasteiger partial charge in [0.25, 0.3) is 0 Å². The summed E-state index contributed by atoms with van der Waals surface area (Å²) < 4.78 is 5.97. The topological polar surface area (TPSA) is 48.1 Å². The van der Waals surface area contributed by atoms with Gasteiger partial charge < -0.3 is 10.5 Å². The number of rotatable bonds is 3. The van der Waals surface area contributed by atoms with E-state index in [0.29, 0.717) is 0 Å². The molecular weight excluding hydrogens is 264 g/mol. The fourth-order valence-electron chi connectivity index (χ4n) is 1.93. The van der Waals surface area contributed by atoms with Gasteiger partial charge in [0.15, 0.2) is 0 Å². The van der Waals surface area contributed by atoms with E-state index in [1.165, 1.54) is 4.90 Å². The summed E-state index contributed by atoms with van der Waals surface area (Å²) >= 11 is 3.46. The van der Waals surface area contributed by atoms with Gasteiger partial charge in [-0.3, -0.25) is 0 Å². The van der Waals surface area contributed by atoms with Crippen LogP contribution in [0.5, 0.6) is 5.75 Å². The van der Waals surface area contributed by atoms with Crippen molar-refractivity contribution in [1.82, 2.24) is 4.98 Å². The number of hydrogen-bond acceptors (Lipinski definition) is 5. The molecule has 2 unspecified atom stereocenters. The number of fused-ring (bicyclic) bond motifs is 1. The summed E-state index contributed by atoms with van der Waals surface area (Å²) in [5, 5.41) is 3.06. The van der Waals surface area contributed by atoms with Gasteiger partial charge in [0.1, 0.15) is 11.9 Å². The maximum Gasteiger partial charge on any atom is 0.133 e. The molecule has 0 saturated heterocycles. The normalized spacial score (nSPS) is 19.9. The summed E-state index contributed by atoms with van der Waals surface area (Å²) in [7, 11) is 0. The van der Waals surface area contributed by atoms with Crippen molar-refractivity contribution in [1.29, 1.82) is 0 Å². The molecule has 94 valence electrons. The highest BCUT2D eigenvalue weighted by atomic mass is 32.2. The van der Waals surface area contributed by atoms with Crippen LogP contribution in [-0.2, 0) is 6.42 Å². The van der Waals surface area contributed by atoms with Crippen LogP contribution in [0.25, 0.3) is 0 Å².